The van der Waals surface area contributed by atoms with Crippen molar-refractivity contribution in [3.05, 3.63) is 99.9 Å². The molecule has 5 aromatic rings. The fraction of sp³-hybridized carbons (Fsp3) is 0.115. The van der Waals surface area contributed by atoms with E-state index >= 15 is 0 Å². The van der Waals surface area contributed by atoms with Gasteiger partial charge in [-0.25, -0.2) is 14.2 Å². The van der Waals surface area contributed by atoms with Crippen molar-refractivity contribution in [2.24, 2.45) is 0 Å². The number of nitrogens with zero attached hydrogens (tertiary/aromatic N) is 2. The Labute approximate surface area is 193 Å². The van der Waals surface area contributed by atoms with E-state index in [0.29, 0.717) is 22.6 Å². The SMILES string of the molecule is Cc1cn2cc(-c3cc(=O)c4cc(F)cc(C(C)Nc5ccccc5C(=O)O)c4o3)ccc2n1. The summed E-state index contributed by atoms with van der Waals surface area (Å²) >= 11 is 0. The van der Waals surface area contributed by atoms with Crippen LogP contribution in [-0.2, 0) is 0 Å². The molecule has 7 nitrogen and oxygen atoms in total. The lowest BCUT2D eigenvalue weighted by atomic mass is 10.0. The quantitative estimate of drug-likeness (QED) is 0.366. The van der Waals surface area contributed by atoms with E-state index in [2.05, 4.69) is 10.3 Å². The van der Waals surface area contributed by atoms with Crippen molar-refractivity contribution >= 4 is 28.3 Å². The number of halogens is 1. The average molecular weight is 457 g/mol. The Kier molecular flexibility index (Phi) is 5.13. The summed E-state index contributed by atoms with van der Waals surface area (Å²) in [5.74, 6) is -1.34. The molecule has 0 aliphatic rings. The molecule has 0 aliphatic carbocycles. The number of hydrogen-bond donors (Lipinski definition) is 2. The van der Waals surface area contributed by atoms with Gasteiger partial charge in [-0.05, 0) is 50.2 Å². The summed E-state index contributed by atoms with van der Waals surface area (Å²) in [5, 5.41) is 12.7. The zero-order valence-electron chi connectivity index (χ0n) is 18.4. The standard InChI is InChI=1S/C26H20FN3O4/c1-14-12-30-13-16(7-8-24(30)28-14)23-11-22(31)20-10-17(27)9-19(25(20)34-23)15(2)29-21-6-4-3-5-18(21)26(32)33/h3-13,15,29H,1-2H3,(H,32,33). The van der Waals surface area contributed by atoms with Crippen LogP contribution in [0.3, 0.4) is 0 Å². The number of para-hydroxylation sites is 1. The Hall–Kier alpha value is -4.46. The minimum Gasteiger partial charge on any atom is -0.478 e. The zero-order valence-corrected chi connectivity index (χ0v) is 18.4. The molecule has 2 N–H and O–H groups in total. The van der Waals surface area contributed by atoms with Gasteiger partial charge in [0.25, 0.3) is 0 Å². The minimum absolute atomic E-state index is 0.0844. The molecule has 0 fully saturated rings. The smallest absolute Gasteiger partial charge is 0.337 e. The highest BCUT2D eigenvalue weighted by Gasteiger charge is 2.19. The van der Waals surface area contributed by atoms with Gasteiger partial charge < -0.3 is 19.2 Å². The summed E-state index contributed by atoms with van der Waals surface area (Å²) in [7, 11) is 0. The van der Waals surface area contributed by atoms with Gasteiger partial charge in [0.15, 0.2) is 5.43 Å². The van der Waals surface area contributed by atoms with Crippen molar-refractivity contribution in [2.45, 2.75) is 19.9 Å². The zero-order chi connectivity index (χ0) is 24.0. The number of nitrogens with one attached hydrogen (secondary N) is 1. The van der Waals surface area contributed by atoms with Crippen LogP contribution in [0.2, 0.25) is 0 Å². The first kappa shape index (κ1) is 21.4. The van der Waals surface area contributed by atoms with E-state index in [4.69, 9.17) is 4.42 Å². The molecule has 8 heteroatoms. The van der Waals surface area contributed by atoms with Crippen LogP contribution in [0, 0.1) is 12.7 Å². The predicted molar refractivity (Wildman–Crippen MR) is 127 cm³/mol. The fourth-order valence-corrected chi connectivity index (χ4v) is 4.08. The Balaban J connectivity index is 1.64. The van der Waals surface area contributed by atoms with E-state index in [0.717, 1.165) is 17.4 Å². The fourth-order valence-electron chi connectivity index (χ4n) is 4.08. The molecular weight excluding hydrogens is 437 g/mol. The number of carbonyl (C=O) groups is 1. The van der Waals surface area contributed by atoms with Crippen molar-refractivity contribution in [3.63, 3.8) is 0 Å². The van der Waals surface area contributed by atoms with Crippen molar-refractivity contribution in [1.29, 1.82) is 0 Å². The van der Waals surface area contributed by atoms with Crippen LogP contribution in [0.1, 0.15) is 34.6 Å². The maximum absolute atomic E-state index is 14.5. The van der Waals surface area contributed by atoms with Gasteiger partial charge in [-0.2, -0.15) is 0 Å². The lowest BCUT2D eigenvalue weighted by Crippen LogP contribution is -2.12. The van der Waals surface area contributed by atoms with Gasteiger partial charge >= 0.3 is 5.97 Å². The van der Waals surface area contributed by atoms with Crippen molar-refractivity contribution in [3.8, 4) is 11.3 Å². The van der Waals surface area contributed by atoms with Crippen LogP contribution < -0.4 is 10.7 Å². The number of pyridine rings is 1. The Morgan fingerprint density at radius 2 is 1.94 bits per heavy atom. The van der Waals surface area contributed by atoms with Crippen LogP contribution in [0.15, 0.2) is 76.2 Å². The number of imidazole rings is 1. The first-order chi connectivity index (χ1) is 16.3. The Morgan fingerprint density at radius 3 is 2.74 bits per heavy atom. The van der Waals surface area contributed by atoms with Gasteiger partial charge in [-0.15, -0.1) is 0 Å². The molecule has 1 atom stereocenters. The lowest BCUT2D eigenvalue weighted by molar-refractivity contribution is 0.0698. The first-order valence-electron chi connectivity index (χ1n) is 10.6. The number of benzene rings is 2. The molecular formula is C26H20FN3O4. The van der Waals surface area contributed by atoms with Crippen LogP contribution in [-0.4, -0.2) is 20.5 Å². The monoisotopic (exact) mass is 457 g/mol. The molecule has 34 heavy (non-hydrogen) atoms. The second-order valence-electron chi connectivity index (χ2n) is 8.13. The number of carboxylic acid groups (broad SMARTS) is 1. The molecule has 0 bridgehead atoms. The number of aromatic nitrogens is 2. The van der Waals surface area contributed by atoms with E-state index < -0.39 is 17.8 Å². The van der Waals surface area contributed by atoms with Gasteiger partial charge in [0.2, 0.25) is 0 Å². The van der Waals surface area contributed by atoms with Gasteiger partial charge in [0.05, 0.1) is 22.7 Å². The van der Waals surface area contributed by atoms with Crippen molar-refractivity contribution in [1.82, 2.24) is 9.38 Å². The minimum atomic E-state index is -1.08. The molecule has 3 heterocycles. The van der Waals surface area contributed by atoms with Gasteiger partial charge in [0.1, 0.15) is 22.8 Å². The highest BCUT2D eigenvalue weighted by molar-refractivity contribution is 5.94. The molecule has 3 aromatic heterocycles. The topological polar surface area (TPSA) is 96.8 Å². The predicted octanol–water partition coefficient (Wildman–Crippen LogP) is 5.43. The van der Waals surface area contributed by atoms with E-state index in [1.807, 2.05) is 29.8 Å². The van der Waals surface area contributed by atoms with E-state index in [1.54, 1.807) is 31.2 Å². The molecule has 170 valence electrons. The third-order valence-corrected chi connectivity index (χ3v) is 5.67. The van der Waals surface area contributed by atoms with Crippen molar-refractivity contribution in [2.75, 3.05) is 5.32 Å². The molecule has 0 saturated heterocycles. The molecule has 0 amide bonds. The summed E-state index contributed by atoms with van der Waals surface area (Å²) in [6.07, 6.45) is 3.68. The number of fused-ring (bicyclic) bond motifs is 2. The van der Waals surface area contributed by atoms with Crippen LogP contribution in [0.25, 0.3) is 27.9 Å². The van der Waals surface area contributed by atoms with Crippen LogP contribution in [0.5, 0.6) is 0 Å². The average Bonchev–Trinajstić information content (AvgIpc) is 3.18. The Bertz CT molecular complexity index is 1640. The summed E-state index contributed by atoms with van der Waals surface area (Å²) in [6.45, 7) is 3.64. The maximum Gasteiger partial charge on any atom is 0.337 e. The molecule has 0 spiro atoms. The van der Waals surface area contributed by atoms with Crippen LogP contribution in [0.4, 0.5) is 10.1 Å². The van der Waals surface area contributed by atoms with Gasteiger partial charge in [-0.3, -0.25) is 4.79 Å². The number of rotatable bonds is 5. The second-order valence-corrected chi connectivity index (χ2v) is 8.13. The third-order valence-electron chi connectivity index (χ3n) is 5.67. The van der Waals surface area contributed by atoms with Crippen molar-refractivity contribution < 1.29 is 18.7 Å². The summed E-state index contributed by atoms with van der Waals surface area (Å²) in [6, 6.07) is 13.3. The molecule has 5 rings (SSSR count). The normalized spacial score (nSPS) is 12.2. The third kappa shape index (κ3) is 3.79. The molecule has 0 aliphatic heterocycles. The van der Waals surface area contributed by atoms with E-state index in [-0.39, 0.29) is 22.0 Å². The highest BCUT2D eigenvalue weighted by Crippen LogP contribution is 2.31. The summed E-state index contributed by atoms with van der Waals surface area (Å²) in [4.78, 5) is 28.9. The van der Waals surface area contributed by atoms with Gasteiger partial charge in [0, 0.05) is 35.3 Å². The molecule has 2 aromatic carbocycles. The first-order valence-corrected chi connectivity index (χ1v) is 10.6. The highest BCUT2D eigenvalue weighted by atomic mass is 19.1. The van der Waals surface area contributed by atoms with E-state index in [1.165, 1.54) is 18.2 Å². The molecule has 0 saturated carbocycles. The van der Waals surface area contributed by atoms with Crippen LogP contribution >= 0.6 is 0 Å². The summed E-state index contributed by atoms with van der Waals surface area (Å²) < 4.78 is 22.5. The lowest BCUT2D eigenvalue weighted by Gasteiger charge is -2.19. The second kappa shape index (κ2) is 8.15. The number of aryl methyl sites for hydroxylation is 1. The number of hydrogen-bond acceptors (Lipinski definition) is 5. The Morgan fingerprint density at radius 1 is 1.15 bits per heavy atom. The maximum atomic E-state index is 14.5. The summed E-state index contributed by atoms with van der Waals surface area (Å²) in [5.41, 5.74) is 3.00. The van der Waals surface area contributed by atoms with Gasteiger partial charge in [-0.1, -0.05) is 12.1 Å². The number of anilines is 1. The largest absolute Gasteiger partial charge is 0.478 e. The number of carboxylic acids is 1. The molecule has 1 unspecified atom stereocenters. The molecule has 0 radical (unpaired) electrons. The van der Waals surface area contributed by atoms with E-state index in [9.17, 15) is 19.1 Å². The number of aromatic carboxylic acids is 1.